The van der Waals surface area contributed by atoms with Crippen molar-refractivity contribution in [2.24, 2.45) is 0 Å². The third kappa shape index (κ3) is 1.61. The van der Waals surface area contributed by atoms with E-state index in [0.29, 0.717) is 21.3 Å². The minimum atomic E-state index is -0.555. The molecule has 0 N–H and O–H groups in total. The lowest BCUT2D eigenvalue weighted by Crippen LogP contribution is -2.29. The molecule has 1 amide bonds. The summed E-state index contributed by atoms with van der Waals surface area (Å²) in [4.78, 5) is 25.0. The molecule has 7 heteroatoms. The van der Waals surface area contributed by atoms with Crippen LogP contribution in [-0.4, -0.2) is 21.3 Å². The van der Waals surface area contributed by atoms with Gasteiger partial charge < -0.3 is 0 Å². The molecular formula is C11H6ClN3O2S. The molecule has 2 aromatic rings. The van der Waals surface area contributed by atoms with E-state index in [1.165, 1.54) is 4.90 Å². The predicted molar refractivity (Wildman–Crippen MR) is 66.9 cm³/mol. The molecule has 0 bridgehead atoms. The number of anilines is 1. The first-order valence-electron chi connectivity index (χ1n) is 5.10. The highest BCUT2D eigenvalue weighted by molar-refractivity contribution is 7.10. The predicted octanol–water partition coefficient (Wildman–Crippen LogP) is 1.92. The molecule has 0 fully saturated rings. The Hall–Kier alpha value is -1.79. The first-order chi connectivity index (χ1) is 8.68. The lowest BCUT2D eigenvalue weighted by molar-refractivity contribution is -0.114. The fourth-order valence-corrected chi connectivity index (χ4v) is 2.46. The van der Waals surface area contributed by atoms with Crippen LogP contribution >= 0.6 is 23.1 Å². The van der Waals surface area contributed by atoms with Crippen molar-refractivity contribution in [3.63, 3.8) is 0 Å². The van der Waals surface area contributed by atoms with Gasteiger partial charge in [-0.15, -0.1) is 5.10 Å². The van der Waals surface area contributed by atoms with Gasteiger partial charge in [0.05, 0.1) is 17.8 Å². The highest BCUT2D eigenvalue weighted by Gasteiger charge is 2.36. The Morgan fingerprint density at radius 1 is 1.28 bits per heavy atom. The van der Waals surface area contributed by atoms with Crippen molar-refractivity contribution in [2.75, 3.05) is 4.90 Å². The molecule has 1 aromatic heterocycles. The number of rotatable bonds is 2. The molecule has 1 aliphatic rings. The minimum Gasteiger partial charge on any atom is -0.299 e. The molecular weight excluding hydrogens is 274 g/mol. The molecule has 0 spiro atoms. The zero-order chi connectivity index (χ0) is 12.7. The summed E-state index contributed by atoms with van der Waals surface area (Å²) in [7, 11) is 0. The van der Waals surface area contributed by atoms with Crippen LogP contribution in [-0.2, 0) is 11.3 Å². The standard InChI is InChI=1S/C11H6ClN3O2S/c12-10-7(13-14-18-10)5-15-8-4-2-1-3-6(8)9(16)11(15)17/h1-4H,5H2. The number of carbonyl (C=O) groups is 2. The van der Waals surface area contributed by atoms with Crippen LogP contribution < -0.4 is 4.90 Å². The zero-order valence-corrected chi connectivity index (χ0v) is 10.5. The van der Waals surface area contributed by atoms with Crippen LogP contribution in [0.2, 0.25) is 4.34 Å². The molecule has 18 heavy (non-hydrogen) atoms. The summed E-state index contributed by atoms with van der Waals surface area (Å²) in [6, 6.07) is 6.87. The number of nitrogens with zero attached hydrogens (tertiary/aromatic N) is 3. The Morgan fingerprint density at radius 3 is 2.78 bits per heavy atom. The second-order valence-corrected chi connectivity index (χ2v) is 5.09. The number of hydrogen-bond acceptors (Lipinski definition) is 5. The summed E-state index contributed by atoms with van der Waals surface area (Å²) in [5.41, 5.74) is 1.51. The Kier molecular flexibility index (Phi) is 2.61. The number of fused-ring (bicyclic) bond motifs is 1. The van der Waals surface area contributed by atoms with Crippen LogP contribution in [0.4, 0.5) is 5.69 Å². The van der Waals surface area contributed by atoms with Gasteiger partial charge in [0.2, 0.25) is 0 Å². The van der Waals surface area contributed by atoms with Crippen LogP contribution in [0.15, 0.2) is 24.3 Å². The maximum Gasteiger partial charge on any atom is 0.299 e. The Labute approximate surface area is 111 Å². The minimum absolute atomic E-state index is 0.164. The van der Waals surface area contributed by atoms with Gasteiger partial charge in [-0.3, -0.25) is 14.5 Å². The summed E-state index contributed by atoms with van der Waals surface area (Å²) in [6.07, 6.45) is 0. The number of ketones is 1. The smallest absolute Gasteiger partial charge is 0.299 e. The number of amides is 1. The largest absolute Gasteiger partial charge is 0.299 e. The fraction of sp³-hybridized carbons (Fsp3) is 0.0909. The summed E-state index contributed by atoms with van der Waals surface area (Å²) < 4.78 is 4.13. The van der Waals surface area contributed by atoms with Crippen molar-refractivity contribution in [2.45, 2.75) is 6.54 Å². The van der Waals surface area contributed by atoms with Crippen LogP contribution in [0.25, 0.3) is 0 Å². The number of para-hydroxylation sites is 1. The first-order valence-corrected chi connectivity index (χ1v) is 6.25. The fourth-order valence-electron chi connectivity index (χ4n) is 1.85. The lowest BCUT2D eigenvalue weighted by Gasteiger charge is -2.14. The maximum absolute atomic E-state index is 11.9. The van der Waals surface area contributed by atoms with Crippen LogP contribution in [0.3, 0.4) is 0 Å². The van der Waals surface area contributed by atoms with Gasteiger partial charge in [0.1, 0.15) is 10.0 Å². The molecule has 5 nitrogen and oxygen atoms in total. The third-order valence-corrected chi connectivity index (χ3v) is 3.68. The maximum atomic E-state index is 11.9. The molecule has 0 saturated carbocycles. The Morgan fingerprint density at radius 2 is 2.06 bits per heavy atom. The van der Waals surface area contributed by atoms with E-state index >= 15 is 0 Å². The van der Waals surface area contributed by atoms with Crippen molar-refractivity contribution in [3.8, 4) is 0 Å². The summed E-state index contributed by atoms with van der Waals surface area (Å²) >= 11 is 6.95. The Bertz CT molecular complexity index is 655. The Balaban J connectivity index is 2.01. The number of halogens is 1. The molecule has 0 radical (unpaired) electrons. The van der Waals surface area contributed by atoms with Gasteiger partial charge in [0.15, 0.2) is 0 Å². The van der Waals surface area contributed by atoms with E-state index in [1.807, 2.05) is 0 Å². The second kappa shape index (κ2) is 4.15. The van der Waals surface area contributed by atoms with Gasteiger partial charge >= 0.3 is 0 Å². The van der Waals surface area contributed by atoms with Crippen molar-refractivity contribution < 1.29 is 9.59 Å². The van der Waals surface area contributed by atoms with E-state index in [4.69, 9.17) is 11.6 Å². The number of hydrogen-bond donors (Lipinski definition) is 0. The van der Waals surface area contributed by atoms with Gasteiger partial charge in [-0.05, 0) is 12.1 Å². The van der Waals surface area contributed by atoms with E-state index in [-0.39, 0.29) is 6.54 Å². The molecule has 0 unspecified atom stereocenters. The van der Waals surface area contributed by atoms with Crippen LogP contribution in [0.5, 0.6) is 0 Å². The second-order valence-electron chi connectivity index (χ2n) is 3.73. The van der Waals surface area contributed by atoms with Gasteiger partial charge in [-0.2, -0.15) is 0 Å². The molecule has 1 aliphatic heterocycles. The zero-order valence-electron chi connectivity index (χ0n) is 8.96. The van der Waals surface area contributed by atoms with E-state index in [0.717, 1.165) is 11.5 Å². The highest BCUT2D eigenvalue weighted by Crippen LogP contribution is 2.31. The summed E-state index contributed by atoms with van der Waals surface area (Å²) in [5, 5.41) is 3.84. The average molecular weight is 280 g/mol. The highest BCUT2D eigenvalue weighted by atomic mass is 35.5. The van der Waals surface area contributed by atoms with Crippen molar-refractivity contribution >= 4 is 40.5 Å². The number of benzene rings is 1. The van der Waals surface area contributed by atoms with Crippen LogP contribution in [0, 0.1) is 0 Å². The molecule has 1 aromatic carbocycles. The topological polar surface area (TPSA) is 63.2 Å². The van der Waals surface area contributed by atoms with Crippen LogP contribution in [0.1, 0.15) is 16.1 Å². The van der Waals surface area contributed by atoms with Gasteiger partial charge in [0, 0.05) is 11.5 Å². The third-order valence-electron chi connectivity index (χ3n) is 2.70. The molecule has 0 aliphatic carbocycles. The normalized spacial score (nSPS) is 14.2. The molecule has 90 valence electrons. The molecule has 0 saturated heterocycles. The number of carbonyl (C=O) groups excluding carboxylic acids is 2. The molecule has 3 rings (SSSR count). The first kappa shape index (κ1) is 11.3. The number of Topliss-reactive ketones (excluding diaryl/α,β-unsaturated/α-hetero) is 1. The average Bonchev–Trinajstić information content (AvgIpc) is 2.88. The summed E-state index contributed by atoms with van der Waals surface area (Å²) in [6.45, 7) is 0.164. The molecule has 0 atom stereocenters. The number of aromatic nitrogens is 2. The SMILES string of the molecule is O=C1C(=O)N(Cc2nnsc2Cl)c2ccccc21. The van der Waals surface area contributed by atoms with Crippen molar-refractivity contribution in [1.82, 2.24) is 9.59 Å². The molecule has 2 heterocycles. The van der Waals surface area contributed by atoms with E-state index in [9.17, 15) is 9.59 Å². The van der Waals surface area contributed by atoms with E-state index in [2.05, 4.69) is 9.59 Å². The van der Waals surface area contributed by atoms with E-state index < -0.39 is 11.7 Å². The van der Waals surface area contributed by atoms with Crippen molar-refractivity contribution in [1.29, 1.82) is 0 Å². The quantitative estimate of drug-likeness (QED) is 0.788. The van der Waals surface area contributed by atoms with E-state index in [1.54, 1.807) is 24.3 Å². The van der Waals surface area contributed by atoms with Gasteiger partial charge in [-0.25, -0.2) is 0 Å². The van der Waals surface area contributed by atoms with Gasteiger partial charge in [-0.1, -0.05) is 28.2 Å². The summed E-state index contributed by atoms with van der Waals surface area (Å²) in [5.74, 6) is -1.05. The lowest BCUT2D eigenvalue weighted by atomic mass is 10.1. The van der Waals surface area contributed by atoms with Crippen molar-refractivity contribution in [3.05, 3.63) is 39.9 Å². The monoisotopic (exact) mass is 279 g/mol. The van der Waals surface area contributed by atoms with Gasteiger partial charge in [0.25, 0.3) is 11.7 Å².